The fourth-order valence-corrected chi connectivity index (χ4v) is 7.49. The molecule has 0 radical (unpaired) electrons. The second-order valence-corrected chi connectivity index (χ2v) is 9.08. The molecule has 1 saturated heterocycles. The summed E-state index contributed by atoms with van der Waals surface area (Å²) in [7, 11) is 5.45. The van der Waals surface area contributed by atoms with E-state index in [2.05, 4.69) is 24.1 Å². The third-order valence-corrected chi connectivity index (χ3v) is 8.58. The van der Waals surface area contributed by atoms with E-state index in [9.17, 15) is 9.90 Å². The van der Waals surface area contributed by atoms with E-state index in [0.29, 0.717) is 6.42 Å². The van der Waals surface area contributed by atoms with Crippen molar-refractivity contribution in [2.45, 2.75) is 42.4 Å². The van der Waals surface area contributed by atoms with Gasteiger partial charge in [-0.3, -0.25) is 4.79 Å². The maximum Gasteiger partial charge on any atom is 0.309 e. The van der Waals surface area contributed by atoms with Crippen LogP contribution in [0.3, 0.4) is 0 Å². The quantitative estimate of drug-likeness (QED) is 0.759. The second kappa shape index (κ2) is 5.68. The van der Waals surface area contributed by atoms with Crippen molar-refractivity contribution < 1.29 is 24.1 Å². The molecule has 4 aliphatic carbocycles. The number of piperidine rings is 1. The summed E-state index contributed by atoms with van der Waals surface area (Å²) in [6.45, 7) is 0.966. The highest BCUT2D eigenvalue weighted by atomic mass is 35.5. The number of benzene rings is 1. The lowest BCUT2D eigenvalue weighted by molar-refractivity contribution is -0.219. The number of hydrogen-bond donors (Lipinski definition) is 1. The molecular formula is C22H26ClNO5. The molecule has 7 heteroatoms. The first-order valence-corrected chi connectivity index (χ1v) is 10.0. The van der Waals surface area contributed by atoms with E-state index in [4.69, 9.17) is 14.2 Å². The van der Waals surface area contributed by atoms with Gasteiger partial charge in [0.1, 0.15) is 11.7 Å². The number of carboxylic acids is 1. The molecule has 2 aliphatic heterocycles. The van der Waals surface area contributed by atoms with Gasteiger partial charge in [-0.15, -0.1) is 12.4 Å². The zero-order valence-electron chi connectivity index (χ0n) is 16.8. The zero-order valence-corrected chi connectivity index (χ0v) is 17.6. The van der Waals surface area contributed by atoms with Gasteiger partial charge in [0.2, 0.25) is 0 Å². The smallest absolute Gasteiger partial charge is 0.309 e. The molecule has 7 rings (SSSR count). The fraction of sp³-hybridized carbons (Fsp3) is 0.591. The number of fused-ring (bicyclic) bond motifs is 1. The number of likely N-dealkylation sites (N-methyl/N-ethyl adjacent to an activating group) is 1. The minimum Gasteiger partial charge on any atom is -0.493 e. The molecule has 4 bridgehead atoms. The van der Waals surface area contributed by atoms with Crippen molar-refractivity contribution in [2.24, 2.45) is 11.3 Å². The summed E-state index contributed by atoms with van der Waals surface area (Å²) in [6.07, 6.45) is 6.35. The lowest BCUT2D eigenvalue weighted by Crippen LogP contribution is -2.79. The molecule has 1 aromatic rings. The summed E-state index contributed by atoms with van der Waals surface area (Å²) in [5, 5.41) is 10.1. The van der Waals surface area contributed by atoms with E-state index in [1.54, 1.807) is 14.2 Å². The molecule has 29 heavy (non-hydrogen) atoms. The molecule has 0 aromatic heterocycles. The molecule has 156 valence electrons. The summed E-state index contributed by atoms with van der Waals surface area (Å²) in [6, 6.07) is 4.41. The average molecular weight is 420 g/mol. The van der Waals surface area contributed by atoms with Gasteiger partial charge in [0.05, 0.1) is 18.4 Å². The first-order valence-electron chi connectivity index (χ1n) is 10.0. The number of likely N-dealkylation sites (tertiary alicyclic amines) is 1. The molecule has 6 aliphatic rings. The Balaban J connectivity index is 0.00000181. The second-order valence-electron chi connectivity index (χ2n) is 9.08. The highest BCUT2D eigenvalue weighted by Gasteiger charge is 2.79. The normalized spacial score (nSPS) is 42.7. The molecule has 5 unspecified atom stereocenters. The van der Waals surface area contributed by atoms with Crippen LogP contribution >= 0.6 is 12.4 Å². The lowest BCUT2D eigenvalue weighted by atomic mass is 9.37. The number of aliphatic carboxylic acids is 1. The molecule has 6 atom stereocenters. The van der Waals surface area contributed by atoms with Crippen LogP contribution in [0.25, 0.3) is 0 Å². The van der Waals surface area contributed by atoms with E-state index < -0.39 is 17.5 Å². The number of carboxylic acid groups (broad SMARTS) is 1. The van der Waals surface area contributed by atoms with Crippen molar-refractivity contribution in [1.29, 1.82) is 0 Å². The third-order valence-electron chi connectivity index (χ3n) is 8.58. The average Bonchev–Trinajstić information content (AvgIpc) is 3.07. The van der Waals surface area contributed by atoms with E-state index in [0.717, 1.165) is 30.9 Å². The van der Waals surface area contributed by atoms with E-state index in [-0.39, 0.29) is 35.4 Å². The number of ether oxygens (including phenoxy) is 3. The highest BCUT2D eigenvalue weighted by molar-refractivity contribution is 5.85. The minimum atomic E-state index is -0.966. The van der Waals surface area contributed by atoms with Crippen molar-refractivity contribution in [2.75, 3.05) is 27.8 Å². The van der Waals surface area contributed by atoms with Crippen molar-refractivity contribution in [3.05, 3.63) is 35.4 Å². The molecule has 0 amide bonds. The van der Waals surface area contributed by atoms with Gasteiger partial charge in [0.25, 0.3) is 0 Å². The van der Waals surface area contributed by atoms with Gasteiger partial charge in [-0.05, 0) is 44.5 Å². The van der Waals surface area contributed by atoms with E-state index in [1.807, 2.05) is 12.1 Å². The fourth-order valence-electron chi connectivity index (χ4n) is 7.49. The van der Waals surface area contributed by atoms with Crippen LogP contribution in [0.15, 0.2) is 24.3 Å². The van der Waals surface area contributed by atoms with Gasteiger partial charge in [0.15, 0.2) is 11.5 Å². The largest absolute Gasteiger partial charge is 0.493 e. The molecule has 2 heterocycles. The highest BCUT2D eigenvalue weighted by Crippen LogP contribution is 2.74. The first kappa shape index (κ1) is 19.2. The minimum absolute atomic E-state index is 0. The summed E-state index contributed by atoms with van der Waals surface area (Å²) in [5.41, 5.74) is 1.05. The van der Waals surface area contributed by atoms with Crippen molar-refractivity contribution in [1.82, 2.24) is 4.90 Å². The van der Waals surface area contributed by atoms with Gasteiger partial charge in [-0.25, -0.2) is 0 Å². The molecule has 2 spiro atoms. The number of rotatable bonds is 3. The van der Waals surface area contributed by atoms with Gasteiger partial charge >= 0.3 is 5.97 Å². The van der Waals surface area contributed by atoms with Crippen LogP contribution in [0.1, 0.15) is 24.0 Å². The number of nitrogens with zero attached hydrogens (tertiary/aromatic N) is 1. The van der Waals surface area contributed by atoms with Crippen LogP contribution in [0.2, 0.25) is 0 Å². The van der Waals surface area contributed by atoms with Crippen LogP contribution in [0.5, 0.6) is 11.5 Å². The molecule has 1 saturated carbocycles. The van der Waals surface area contributed by atoms with Crippen molar-refractivity contribution in [3.8, 4) is 11.5 Å². The Bertz CT molecular complexity index is 949. The Hall–Kier alpha value is -1.76. The Morgan fingerprint density at radius 3 is 2.79 bits per heavy atom. The molecule has 6 nitrogen and oxygen atoms in total. The monoisotopic (exact) mass is 419 g/mol. The Labute approximate surface area is 176 Å². The zero-order chi connectivity index (χ0) is 19.5. The number of carbonyl (C=O) groups is 1. The SMILES string of the molecule is COc1ccc2c3c1OC1C4(OC)C=CC5(CC4C(=O)O)C(C2)N(C)CC[C@]315.Cl. The number of hydrogen-bond acceptors (Lipinski definition) is 5. The molecule has 2 fully saturated rings. The van der Waals surface area contributed by atoms with Crippen LogP contribution in [-0.4, -0.2) is 61.5 Å². The third kappa shape index (κ3) is 1.77. The van der Waals surface area contributed by atoms with E-state index >= 15 is 0 Å². The van der Waals surface area contributed by atoms with Crippen molar-refractivity contribution >= 4 is 18.4 Å². The predicted molar refractivity (Wildman–Crippen MR) is 108 cm³/mol. The summed E-state index contributed by atoms with van der Waals surface area (Å²) < 4.78 is 18.3. The topological polar surface area (TPSA) is 68.2 Å². The van der Waals surface area contributed by atoms with Crippen LogP contribution in [0, 0.1) is 11.3 Å². The Morgan fingerprint density at radius 1 is 1.31 bits per heavy atom. The van der Waals surface area contributed by atoms with Gasteiger partial charge < -0.3 is 24.2 Å². The number of methoxy groups -OCH3 is 2. The molecule has 1 N–H and O–H groups in total. The molecule has 1 aromatic carbocycles. The summed E-state index contributed by atoms with van der Waals surface area (Å²) in [5.74, 6) is 0.0936. The lowest BCUT2D eigenvalue weighted by Gasteiger charge is -2.70. The van der Waals surface area contributed by atoms with Gasteiger partial charge in [-0.2, -0.15) is 0 Å². The van der Waals surface area contributed by atoms with Crippen LogP contribution in [-0.2, 0) is 21.4 Å². The summed E-state index contributed by atoms with van der Waals surface area (Å²) in [4.78, 5) is 14.8. The van der Waals surface area contributed by atoms with Crippen molar-refractivity contribution in [3.63, 3.8) is 0 Å². The Morgan fingerprint density at radius 2 is 2.10 bits per heavy atom. The van der Waals surface area contributed by atoms with E-state index in [1.165, 1.54) is 11.1 Å². The summed E-state index contributed by atoms with van der Waals surface area (Å²) >= 11 is 0. The van der Waals surface area contributed by atoms with Crippen LogP contribution in [0.4, 0.5) is 0 Å². The maximum atomic E-state index is 12.4. The van der Waals surface area contributed by atoms with Crippen LogP contribution < -0.4 is 9.47 Å². The standard InChI is InChI=1S/C22H25NO5.ClH/c1-23-9-8-21-16-12-4-5-14(26-2)17(16)28-19(21)22(27-3)7-6-20(21,15(23)10-12)11-13(22)18(24)25;/h4-7,13,15,19H,8-11H2,1-3H3,(H,24,25);1H/t13?,15?,19?,20?,21-,22?;/m0./s1. The number of halogens is 1. The maximum absolute atomic E-state index is 12.4. The first-order chi connectivity index (χ1) is 13.4. The molecular weight excluding hydrogens is 394 g/mol. The van der Waals surface area contributed by atoms with Gasteiger partial charge in [-0.1, -0.05) is 18.2 Å². The van der Waals surface area contributed by atoms with Gasteiger partial charge in [0, 0.05) is 24.1 Å². The Kier molecular flexibility index (Phi) is 3.77. The predicted octanol–water partition coefficient (Wildman–Crippen LogP) is 2.42.